The first-order valence-corrected chi connectivity index (χ1v) is 11.0. The van der Waals surface area contributed by atoms with Crippen molar-refractivity contribution in [3.8, 4) is 0 Å². The van der Waals surface area contributed by atoms with Crippen LogP contribution < -0.4 is 4.72 Å². The van der Waals surface area contributed by atoms with E-state index < -0.39 is 10.0 Å². The number of aromatic nitrogens is 1. The van der Waals surface area contributed by atoms with Crippen molar-refractivity contribution in [1.29, 1.82) is 0 Å². The number of carbonyl (C=O) groups excluding carboxylic acids is 1. The van der Waals surface area contributed by atoms with Gasteiger partial charge in [0.1, 0.15) is 5.01 Å². The highest BCUT2D eigenvalue weighted by molar-refractivity contribution is 7.89. The van der Waals surface area contributed by atoms with Gasteiger partial charge in [0, 0.05) is 19.2 Å². The summed E-state index contributed by atoms with van der Waals surface area (Å²) >= 11 is 1.54. The van der Waals surface area contributed by atoms with E-state index in [1.54, 1.807) is 35.4 Å². The van der Waals surface area contributed by atoms with Crippen molar-refractivity contribution < 1.29 is 13.2 Å². The molecule has 2 aromatic carbocycles. The molecule has 1 atom stereocenters. The highest BCUT2D eigenvalue weighted by Crippen LogP contribution is 2.29. The smallest absolute Gasteiger partial charge is 0.254 e. The maximum absolute atomic E-state index is 12.9. The van der Waals surface area contributed by atoms with Crippen molar-refractivity contribution in [2.24, 2.45) is 0 Å². The largest absolute Gasteiger partial charge is 0.333 e. The molecule has 0 aliphatic rings. The van der Waals surface area contributed by atoms with Crippen LogP contribution in [0.4, 0.5) is 0 Å². The summed E-state index contributed by atoms with van der Waals surface area (Å²) in [6.45, 7) is 5.52. The lowest BCUT2D eigenvalue weighted by Crippen LogP contribution is -2.30. The zero-order valence-electron chi connectivity index (χ0n) is 15.6. The molecule has 6 nitrogen and oxygen atoms in total. The quantitative estimate of drug-likeness (QED) is 0.598. The van der Waals surface area contributed by atoms with E-state index in [1.165, 1.54) is 18.2 Å². The molecule has 3 rings (SSSR count). The summed E-state index contributed by atoms with van der Waals surface area (Å²) in [5, 5.41) is 0.827. The van der Waals surface area contributed by atoms with Crippen molar-refractivity contribution in [3.05, 3.63) is 71.8 Å². The lowest BCUT2D eigenvalue weighted by molar-refractivity contribution is 0.0742. The van der Waals surface area contributed by atoms with Crippen LogP contribution in [0.15, 0.2) is 66.1 Å². The Morgan fingerprint density at radius 2 is 2.04 bits per heavy atom. The Kier molecular flexibility index (Phi) is 5.93. The number of nitrogens with one attached hydrogen (secondary N) is 1. The first kappa shape index (κ1) is 20.2. The topological polar surface area (TPSA) is 79.4 Å². The van der Waals surface area contributed by atoms with Crippen LogP contribution in [-0.4, -0.2) is 37.8 Å². The molecule has 0 radical (unpaired) electrons. The Bertz CT molecular complexity index is 1090. The predicted molar refractivity (Wildman–Crippen MR) is 112 cm³/mol. The van der Waals surface area contributed by atoms with Gasteiger partial charge < -0.3 is 4.90 Å². The van der Waals surface area contributed by atoms with E-state index in [9.17, 15) is 13.2 Å². The molecule has 0 bridgehead atoms. The highest BCUT2D eigenvalue weighted by Gasteiger charge is 2.23. The van der Waals surface area contributed by atoms with Gasteiger partial charge in [0.2, 0.25) is 10.0 Å². The molecule has 1 N–H and O–H groups in total. The first-order valence-electron chi connectivity index (χ1n) is 8.66. The van der Waals surface area contributed by atoms with Gasteiger partial charge >= 0.3 is 0 Å². The molecule has 1 heterocycles. The predicted octanol–water partition coefficient (Wildman–Crippen LogP) is 3.59. The second-order valence-electron chi connectivity index (χ2n) is 6.28. The average Bonchev–Trinajstić information content (AvgIpc) is 3.15. The van der Waals surface area contributed by atoms with Gasteiger partial charge in [-0.1, -0.05) is 24.3 Å². The Hall–Kier alpha value is -2.55. The Morgan fingerprint density at radius 3 is 2.75 bits per heavy atom. The number of thiazole rings is 1. The maximum Gasteiger partial charge on any atom is 0.254 e. The number of amides is 1. The van der Waals surface area contributed by atoms with Gasteiger partial charge in [-0.3, -0.25) is 4.79 Å². The molecule has 28 heavy (non-hydrogen) atoms. The van der Waals surface area contributed by atoms with Gasteiger partial charge in [-0.25, -0.2) is 18.1 Å². The molecular weight excluding hydrogens is 394 g/mol. The molecular formula is C20H21N3O3S2. The zero-order chi connectivity index (χ0) is 20.3. The Labute approximate surface area is 168 Å². The summed E-state index contributed by atoms with van der Waals surface area (Å²) in [5.41, 5.74) is 1.20. The minimum Gasteiger partial charge on any atom is -0.333 e. The molecule has 0 unspecified atom stereocenters. The minimum atomic E-state index is -3.70. The average molecular weight is 416 g/mol. The van der Waals surface area contributed by atoms with Crippen LogP contribution in [0, 0.1) is 0 Å². The molecule has 0 aliphatic heterocycles. The second kappa shape index (κ2) is 8.22. The highest BCUT2D eigenvalue weighted by atomic mass is 32.2. The van der Waals surface area contributed by atoms with Gasteiger partial charge in [-0.15, -0.1) is 17.9 Å². The van der Waals surface area contributed by atoms with Crippen LogP contribution in [-0.2, 0) is 10.0 Å². The summed E-state index contributed by atoms with van der Waals surface area (Å²) in [5.74, 6) is -0.271. The molecule has 146 valence electrons. The Balaban J connectivity index is 1.84. The third-order valence-corrected chi connectivity index (χ3v) is 7.01. The molecule has 3 aromatic rings. The number of sulfonamides is 1. The molecule has 1 amide bonds. The number of hydrogen-bond donors (Lipinski definition) is 1. The van der Waals surface area contributed by atoms with Crippen molar-refractivity contribution >= 4 is 37.5 Å². The van der Waals surface area contributed by atoms with E-state index in [-0.39, 0.29) is 23.4 Å². The Morgan fingerprint density at radius 1 is 1.29 bits per heavy atom. The van der Waals surface area contributed by atoms with E-state index in [2.05, 4.69) is 16.3 Å². The van der Waals surface area contributed by atoms with Gasteiger partial charge in [-0.05, 0) is 37.3 Å². The first-order chi connectivity index (χ1) is 13.3. The van der Waals surface area contributed by atoms with Crippen molar-refractivity contribution in [2.45, 2.75) is 17.9 Å². The van der Waals surface area contributed by atoms with Crippen LogP contribution in [0.1, 0.15) is 28.3 Å². The number of hydrogen-bond acceptors (Lipinski definition) is 5. The summed E-state index contributed by atoms with van der Waals surface area (Å²) in [6, 6.07) is 13.6. The molecule has 0 saturated carbocycles. The van der Waals surface area contributed by atoms with E-state index in [0.29, 0.717) is 5.56 Å². The van der Waals surface area contributed by atoms with Gasteiger partial charge in [-0.2, -0.15) is 0 Å². The van der Waals surface area contributed by atoms with Crippen molar-refractivity contribution in [2.75, 3.05) is 13.6 Å². The maximum atomic E-state index is 12.9. The molecule has 1 aromatic heterocycles. The van der Waals surface area contributed by atoms with Gasteiger partial charge in [0.25, 0.3) is 5.91 Å². The lowest BCUT2D eigenvalue weighted by Gasteiger charge is -2.23. The number of carbonyl (C=O) groups is 1. The van der Waals surface area contributed by atoms with E-state index >= 15 is 0 Å². The SMILES string of the molecule is C=CCNS(=O)(=O)c1cccc(C(=O)N(C)[C@H](C)c2nc3ccccc3s2)c1. The normalized spacial score (nSPS) is 12.6. The van der Waals surface area contributed by atoms with Crippen LogP contribution in [0.3, 0.4) is 0 Å². The van der Waals surface area contributed by atoms with Crippen molar-refractivity contribution in [3.63, 3.8) is 0 Å². The lowest BCUT2D eigenvalue weighted by atomic mass is 10.2. The van der Waals surface area contributed by atoms with E-state index in [4.69, 9.17) is 0 Å². The fourth-order valence-electron chi connectivity index (χ4n) is 2.66. The fraction of sp³-hybridized carbons (Fsp3) is 0.200. The second-order valence-corrected chi connectivity index (χ2v) is 9.11. The molecule has 8 heteroatoms. The zero-order valence-corrected chi connectivity index (χ0v) is 17.3. The number of para-hydroxylation sites is 1. The molecule has 0 saturated heterocycles. The van der Waals surface area contributed by atoms with Crippen LogP contribution in [0.2, 0.25) is 0 Å². The summed E-state index contributed by atoms with van der Waals surface area (Å²) in [6.07, 6.45) is 1.46. The minimum absolute atomic E-state index is 0.0428. The number of benzene rings is 2. The number of nitrogens with zero attached hydrogens (tertiary/aromatic N) is 2. The fourth-order valence-corrected chi connectivity index (χ4v) is 4.77. The van der Waals surface area contributed by atoms with Gasteiger partial charge in [0.05, 0.1) is 21.2 Å². The molecule has 0 spiro atoms. The van der Waals surface area contributed by atoms with Crippen LogP contribution >= 0.6 is 11.3 Å². The van der Waals surface area contributed by atoms with Gasteiger partial charge in [0.15, 0.2) is 0 Å². The van der Waals surface area contributed by atoms with Crippen LogP contribution in [0.25, 0.3) is 10.2 Å². The van der Waals surface area contributed by atoms with Crippen LogP contribution in [0.5, 0.6) is 0 Å². The number of fused-ring (bicyclic) bond motifs is 1. The monoisotopic (exact) mass is 415 g/mol. The number of rotatable bonds is 7. The molecule has 0 aliphatic carbocycles. The standard InChI is InChI=1S/C20H21N3O3S2/c1-4-12-21-28(25,26)16-9-7-8-15(13-16)20(24)23(3)14(2)19-22-17-10-5-6-11-18(17)27-19/h4-11,13-14,21H,1,12H2,2-3H3/t14-/m1/s1. The third kappa shape index (κ3) is 4.14. The summed E-state index contributed by atoms with van der Waals surface area (Å²) in [7, 11) is -2.01. The third-order valence-electron chi connectivity index (χ3n) is 4.38. The van der Waals surface area contributed by atoms with Crippen molar-refractivity contribution in [1.82, 2.24) is 14.6 Å². The van der Waals surface area contributed by atoms with E-state index in [0.717, 1.165) is 15.2 Å². The summed E-state index contributed by atoms with van der Waals surface area (Å²) < 4.78 is 28.1. The molecule has 0 fully saturated rings. The summed E-state index contributed by atoms with van der Waals surface area (Å²) in [4.78, 5) is 19.2. The van der Waals surface area contributed by atoms with E-state index in [1.807, 2.05) is 31.2 Å².